The van der Waals surface area contributed by atoms with Gasteiger partial charge in [0.25, 0.3) is 11.5 Å². The largest absolute Gasteiger partial charge is 0.351 e. The molecule has 0 radical (unpaired) electrons. The maximum Gasteiger partial charge on any atom is 0.260 e. The van der Waals surface area contributed by atoms with Gasteiger partial charge in [-0.3, -0.25) is 14.4 Å². The first kappa shape index (κ1) is 12.6. The van der Waals surface area contributed by atoms with E-state index in [9.17, 15) is 14.4 Å². The average Bonchev–Trinajstić information content (AvgIpc) is 3.10. The molecule has 1 aromatic heterocycles. The van der Waals surface area contributed by atoms with Crippen LogP contribution in [0.25, 0.3) is 0 Å². The van der Waals surface area contributed by atoms with E-state index >= 15 is 0 Å². The van der Waals surface area contributed by atoms with Crippen molar-refractivity contribution >= 4 is 11.8 Å². The summed E-state index contributed by atoms with van der Waals surface area (Å²) in [5.41, 5.74) is -0.954. The Morgan fingerprint density at radius 2 is 2.24 bits per heavy atom. The van der Waals surface area contributed by atoms with Crippen LogP contribution < -0.4 is 5.56 Å². The number of likely N-dealkylation sites (tertiary alicyclic amines) is 1. The molecule has 0 bridgehead atoms. The minimum Gasteiger partial charge on any atom is -0.351 e. The Kier molecular flexibility index (Phi) is 2.50. The molecule has 0 aliphatic carbocycles. The van der Waals surface area contributed by atoms with E-state index < -0.39 is 11.3 Å². The molecule has 3 aliphatic rings. The Hall–Kier alpha value is -2.15. The molecule has 21 heavy (non-hydrogen) atoms. The second kappa shape index (κ2) is 4.17. The number of amides is 2. The summed E-state index contributed by atoms with van der Waals surface area (Å²) in [6.07, 6.45) is 2.38. The monoisotopic (exact) mass is 289 g/mol. The third-order valence-corrected chi connectivity index (χ3v) is 4.71. The molecule has 1 aromatic rings. The van der Waals surface area contributed by atoms with Crippen LogP contribution in [0.4, 0.5) is 0 Å². The van der Waals surface area contributed by atoms with Gasteiger partial charge >= 0.3 is 0 Å². The number of carbonyl (C=O) groups excluding carboxylic acids is 2. The lowest BCUT2D eigenvalue weighted by atomic mass is 10.1. The van der Waals surface area contributed by atoms with Gasteiger partial charge in [-0.1, -0.05) is 0 Å². The molecule has 7 heteroatoms. The molecule has 3 aliphatic heterocycles. The van der Waals surface area contributed by atoms with E-state index in [1.807, 2.05) is 0 Å². The summed E-state index contributed by atoms with van der Waals surface area (Å²) in [7, 11) is 0. The van der Waals surface area contributed by atoms with Crippen molar-refractivity contribution in [3.8, 4) is 0 Å². The predicted molar refractivity (Wildman–Crippen MR) is 71.5 cm³/mol. The van der Waals surface area contributed by atoms with Gasteiger partial charge in [0, 0.05) is 25.7 Å². The lowest BCUT2D eigenvalue weighted by Crippen LogP contribution is -2.49. The highest BCUT2D eigenvalue weighted by Gasteiger charge is 2.62. The third kappa shape index (κ3) is 1.55. The van der Waals surface area contributed by atoms with E-state index in [2.05, 4.69) is 4.98 Å². The molecule has 4 heterocycles. The molecule has 0 aromatic carbocycles. The number of aromatic nitrogens is 1. The summed E-state index contributed by atoms with van der Waals surface area (Å²) >= 11 is 0. The van der Waals surface area contributed by atoms with Crippen LogP contribution in [0.1, 0.15) is 23.2 Å². The topological polar surface area (TPSA) is 82.7 Å². The smallest absolute Gasteiger partial charge is 0.260 e. The summed E-state index contributed by atoms with van der Waals surface area (Å²) in [6, 6.07) is 2.84. The van der Waals surface area contributed by atoms with Crippen LogP contribution in [-0.2, 0) is 9.53 Å². The van der Waals surface area contributed by atoms with Crippen LogP contribution in [0.15, 0.2) is 23.1 Å². The number of hydrogen-bond donors (Lipinski definition) is 1. The van der Waals surface area contributed by atoms with Crippen molar-refractivity contribution in [2.45, 2.75) is 24.6 Å². The Morgan fingerprint density at radius 1 is 1.38 bits per heavy atom. The van der Waals surface area contributed by atoms with Crippen molar-refractivity contribution in [1.29, 1.82) is 0 Å². The highest BCUT2D eigenvalue weighted by atomic mass is 16.5. The van der Waals surface area contributed by atoms with Crippen LogP contribution in [0.3, 0.4) is 0 Å². The Bertz CT molecular complexity index is 685. The fraction of sp³-hybridized carbons (Fsp3) is 0.500. The number of aromatic amines is 1. The molecular formula is C14H15N3O4. The molecule has 3 saturated heterocycles. The molecule has 0 saturated carbocycles. The zero-order valence-electron chi connectivity index (χ0n) is 11.4. The molecule has 2 amide bonds. The van der Waals surface area contributed by atoms with Gasteiger partial charge in [0.15, 0.2) is 5.72 Å². The second-order valence-corrected chi connectivity index (χ2v) is 5.62. The summed E-state index contributed by atoms with van der Waals surface area (Å²) in [5, 5.41) is 0. The number of nitrogens with one attached hydrogen (secondary N) is 1. The Morgan fingerprint density at radius 3 is 3.05 bits per heavy atom. The van der Waals surface area contributed by atoms with Crippen molar-refractivity contribution < 1.29 is 14.3 Å². The number of rotatable bonds is 1. The van der Waals surface area contributed by atoms with Crippen molar-refractivity contribution in [3.05, 3.63) is 34.2 Å². The first-order valence-electron chi connectivity index (χ1n) is 7.06. The molecule has 1 spiro atoms. The number of hydrogen-bond acceptors (Lipinski definition) is 4. The van der Waals surface area contributed by atoms with E-state index in [0.717, 1.165) is 0 Å². The van der Waals surface area contributed by atoms with Crippen LogP contribution in [0.5, 0.6) is 0 Å². The highest BCUT2D eigenvalue weighted by molar-refractivity contribution is 5.95. The quantitative estimate of drug-likeness (QED) is 0.759. The van der Waals surface area contributed by atoms with Crippen LogP contribution >= 0.6 is 0 Å². The SMILES string of the molecule is O=C(c1ccc[nH]c1=O)N1CC[C@@]23OCCN2C(=O)C[C@@H]13. The van der Waals surface area contributed by atoms with Crippen LogP contribution in [0.2, 0.25) is 0 Å². The van der Waals surface area contributed by atoms with Gasteiger partial charge in [0.2, 0.25) is 5.91 Å². The van der Waals surface area contributed by atoms with E-state index in [0.29, 0.717) is 26.1 Å². The van der Waals surface area contributed by atoms with Crippen molar-refractivity contribution in [2.75, 3.05) is 19.7 Å². The lowest BCUT2D eigenvalue weighted by Gasteiger charge is -2.31. The first-order chi connectivity index (χ1) is 10.1. The Labute approximate surface area is 120 Å². The number of ether oxygens (including phenoxy) is 1. The third-order valence-electron chi connectivity index (χ3n) is 4.71. The molecule has 110 valence electrons. The maximum absolute atomic E-state index is 12.6. The number of pyridine rings is 1. The van der Waals surface area contributed by atoms with Crippen LogP contribution in [0, 0.1) is 0 Å². The summed E-state index contributed by atoms with van der Waals surface area (Å²) in [6.45, 7) is 1.60. The lowest BCUT2D eigenvalue weighted by molar-refractivity contribution is -0.136. The molecule has 0 unspecified atom stereocenters. The minimum atomic E-state index is -0.658. The summed E-state index contributed by atoms with van der Waals surface area (Å²) in [5.74, 6) is -0.305. The van der Waals surface area contributed by atoms with E-state index in [-0.39, 0.29) is 29.8 Å². The molecular weight excluding hydrogens is 274 g/mol. The van der Waals surface area contributed by atoms with Crippen molar-refractivity contribution in [3.63, 3.8) is 0 Å². The van der Waals surface area contributed by atoms with E-state index in [1.165, 1.54) is 12.3 Å². The predicted octanol–water partition coefficient (Wildman–Crippen LogP) is -0.452. The number of nitrogens with zero attached hydrogens (tertiary/aromatic N) is 2. The molecule has 4 rings (SSSR count). The van der Waals surface area contributed by atoms with Gasteiger partial charge in [-0.15, -0.1) is 0 Å². The van der Waals surface area contributed by atoms with Gasteiger partial charge in [0.05, 0.1) is 19.1 Å². The maximum atomic E-state index is 12.6. The summed E-state index contributed by atoms with van der Waals surface area (Å²) in [4.78, 5) is 42.4. The minimum absolute atomic E-state index is 0.0250. The van der Waals surface area contributed by atoms with Crippen LogP contribution in [-0.4, -0.2) is 58.1 Å². The molecule has 1 N–H and O–H groups in total. The molecule has 2 atom stereocenters. The van der Waals surface area contributed by atoms with Crippen molar-refractivity contribution in [1.82, 2.24) is 14.8 Å². The van der Waals surface area contributed by atoms with Crippen molar-refractivity contribution in [2.24, 2.45) is 0 Å². The first-order valence-corrected chi connectivity index (χ1v) is 7.06. The highest BCUT2D eigenvalue weighted by Crippen LogP contribution is 2.45. The van der Waals surface area contributed by atoms with Gasteiger partial charge in [-0.2, -0.15) is 0 Å². The Balaban J connectivity index is 1.69. The van der Waals surface area contributed by atoms with Gasteiger partial charge < -0.3 is 19.5 Å². The van der Waals surface area contributed by atoms with Gasteiger partial charge in [0.1, 0.15) is 5.56 Å². The molecule has 3 fully saturated rings. The standard InChI is InChI=1S/C14H15N3O4/c18-11-8-10-14(17(11)6-7-21-14)3-5-16(10)13(20)9-2-1-4-15-12(9)19/h1-2,4,10H,3,5-8H2,(H,15,19)/t10-,14+/m1/s1. The zero-order valence-corrected chi connectivity index (χ0v) is 11.4. The fourth-order valence-corrected chi connectivity index (χ4v) is 3.78. The normalized spacial score (nSPS) is 30.7. The number of H-pyrrole nitrogens is 1. The fourth-order valence-electron chi connectivity index (χ4n) is 3.78. The van der Waals surface area contributed by atoms with Gasteiger partial charge in [-0.05, 0) is 12.1 Å². The van der Waals surface area contributed by atoms with E-state index in [4.69, 9.17) is 4.74 Å². The number of carbonyl (C=O) groups is 2. The average molecular weight is 289 g/mol. The second-order valence-electron chi connectivity index (χ2n) is 5.62. The molecule has 7 nitrogen and oxygen atoms in total. The van der Waals surface area contributed by atoms with Gasteiger partial charge in [-0.25, -0.2) is 0 Å². The zero-order chi connectivity index (χ0) is 14.6. The summed E-state index contributed by atoms with van der Waals surface area (Å²) < 4.78 is 5.83. The van der Waals surface area contributed by atoms with E-state index in [1.54, 1.807) is 15.9 Å².